The van der Waals surface area contributed by atoms with Crippen molar-refractivity contribution in [3.05, 3.63) is 0 Å². The lowest BCUT2D eigenvalue weighted by Crippen LogP contribution is -2.49. The molecule has 0 spiro atoms. The summed E-state index contributed by atoms with van der Waals surface area (Å²) < 4.78 is 23.7. The number of primary amides is 1. The van der Waals surface area contributed by atoms with Gasteiger partial charge in [0.2, 0.25) is 5.91 Å². The zero-order valence-corrected chi connectivity index (χ0v) is 12.4. The minimum atomic E-state index is -3.52. The van der Waals surface area contributed by atoms with Crippen LogP contribution in [0.5, 0.6) is 0 Å². The van der Waals surface area contributed by atoms with Gasteiger partial charge in [0.15, 0.2) is 0 Å². The minimum Gasteiger partial charge on any atom is -0.368 e. The molecule has 0 aromatic rings. The highest BCUT2D eigenvalue weighted by Gasteiger charge is 2.60. The van der Waals surface area contributed by atoms with Crippen LogP contribution in [-0.4, -0.2) is 40.7 Å². The van der Waals surface area contributed by atoms with Gasteiger partial charge in [0, 0.05) is 5.41 Å². The molecule has 0 bridgehead atoms. The van der Waals surface area contributed by atoms with Gasteiger partial charge < -0.3 is 20.0 Å². The molecule has 2 rings (SSSR count). The van der Waals surface area contributed by atoms with Crippen molar-refractivity contribution < 1.29 is 23.6 Å². The number of rotatable bonds is 2. The molecule has 2 unspecified atom stereocenters. The van der Waals surface area contributed by atoms with E-state index in [4.69, 9.17) is 14.8 Å². The number of carbonyl (C=O) groups excluding carboxylic acids is 1. The molecular weight excluding hydrogens is 271 g/mol. The van der Waals surface area contributed by atoms with Gasteiger partial charge in [-0.1, -0.05) is 13.8 Å². The quantitative estimate of drug-likeness (QED) is 0.744. The van der Waals surface area contributed by atoms with Gasteiger partial charge in [-0.15, -0.1) is 0 Å². The van der Waals surface area contributed by atoms with Crippen LogP contribution in [0.15, 0.2) is 0 Å². The van der Waals surface area contributed by atoms with Gasteiger partial charge >= 0.3 is 7.60 Å². The Hall–Kier alpha value is -0.460. The van der Waals surface area contributed by atoms with Crippen LogP contribution in [0.1, 0.15) is 33.6 Å². The normalized spacial score (nSPS) is 38.2. The summed E-state index contributed by atoms with van der Waals surface area (Å²) in [7, 11) is -3.52. The standard InChI is InChI=1S/C11H21N2O5P/c1-10(2)6-17-19(16,18-7-10)11(3)5-4-8(9(12)14)13(11)15/h8,15H,4-7H2,1-3H3,(H2,12,14). The molecule has 0 aromatic carbocycles. The fourth-order valence-corrected chi connectivity index (χ4v) is 4.85. The predicted molar refractivity (Wildman–Crippen MR) is 67.5 cm³/mol. The first kappa shape index (κ1) is 14.9. The van der Waals surface area contributed by atoms with E-state index < -0.39 is 24.8 Å². The van der Waals surface area contributed by atoms with Crippen LogP contribution in [0.3, 0.4) is 0 Å². The van der Waals surface area contributed by atoms with Crippen LogP contribution >= 0.6 is 7.60 Å². The van der Waals surface area contributed by atoms with Gasteiger partial charge in [-0.3, -0.25) is 9.36 Å². The summed E-state index contributed by atoms with van der Waals surface area (Å²) in [5, 5.41) is 9.67. The highest BCUT2D eigenvalue weighted by atomic mass is 31.2. The Kier molecular flexibility index (Phi) is 3.56. The molecule has 0 aromatic heterocycles. The maximum atomic E-state index is 12.8. The number of amides is 1. The van der Waals surface area contributed by atoms with Crippen LogP contribution in [-0.2, 0) is 18.4 Å². The SMILES string of the molecule is CC1(C)COP(=O)(C2(C)CCC(C(N)=O)N2O)OC1. The Morgan fingerprint density at radius 1 is 1.37 bits per heavy atom. The van der Waals surface area contributed by atoms with Crippen molar-refractivity contribution in [2.45, 2.75) is 44.9 Å². The van der Waals surface area contributed by atoms with Crippen molar-refractivity contribution in [2.75, 3.05) is 13.2 Å². The van der Waals surface area contributed by atoms with Crippen LogP contribution in [0, 0.1) is 5.41 Å². The number of nitrogens with two attached hydrogens (primary N) is 1. The maximum absolute atomic E-state index is 12.8. The first-order chi connectivity index (χ1) is 8.61. The summed E-state index contributed by atoms with van der Waals surface area (Å²) in [6.45, 7) is 6.03. The smallest absolute Gasteiger partial charge is 0.352 e. The fraction of sp³-hybridized carbons (Fsp3) is 0.909. The lowest BCUT2D eigenvalue weighted by atomic mass is 9.97. The highest BCUT2D eigenvalue weighted by Crippen LogP contribution is 2.67. The minimum absolute atomic E-state index is 0.216. The van der Waals surface area contributed by atoms with E-state index in [0.29, 0.717) is 12.8 Å². The third kappa shape index (κ3) is 2.34. The van der Waals surface area contributed by atoms with Crippen molar-refractivity contribution in [1.82, 2.24) is 5.06 Å². The first-order valence-electron chi connectivity index (χ1n) is 6.28. The van der Waals surface area contributed by atoms with E-state index in [1.54, 1.807) is 6.92 Å². The van der Waals surface area contributed by atoms with E-state index in [0.717, 1.165) is 5.06 Å². The Balaban J connectivity index is 2.22. The number of hydrogen-bond donors (Lipinski definition) is 2. The number of hydrogen-bond acceptors (Lipinski definition) is 6. The van der Waals surface area contributed by atoms with E-state index in [9.17, 15) is 14.6 Å². The lowest BCUT2D eigenvalue weighted by Gasteiger charge is -2.43. The monoisotopic (exact) mass is 292 g/mol. The third-order valence-corrected chi connectivity index (χ3v) is 6.40. The molecule has 8 heteroatoms. The fourth-order valence-electron chi connectivity index (χ4n) is 2.38. The predicted octanol–water partition coefficient (Wildman–Crippen LogP) is 1.31. The Morgan fingerprint density at radius 3 is 2.32 bits per heavy atom. The second kappa shape index (κ2) is 4.53. The maximum Gasteiger partial charge on any atom is 0.352 e. The molecule has 0 aliphatic carbocycles. The highest BCUT2D eigenvalue weighted by molar-refractivity contribution is 7.55. The molecular formula is C11H21N2O5P. The van der Waals surface area contributed by atoms with Crippen molar-refractivity contribution in [2.24, 2.45) is 11.1 Å². The van der Waals surface area contributed by atoms with Crippen LogP contribution in [0.4, 0.5) is 0 Å². The van der Waals surface area contributed by atoms with Gasteiger partial charge in [-0.2, -0.15) is 5.06 Å². The summed E-state index contributed by atoms with van der Waals surface area (Å²) in [4.78, 5) is 11.2. The largest absolute Gasteiger partial charge is 0.368 e. The molecule has 110 valence electrons. The molecule has 7 nitrogen and oxygen atoms in total. The molecule has 2 atom stereocenters. The van der Waals surface area contributed by atoms with Gasteiger partial charge in [0.1, 0.15) is 11.3 Å². The zero-order valence-electron chi connectivity index (χ0n) is 11.5. The molecule has 19 heavy (non-hydrogen) atoms. The average molecular weight is 292 g/mol. The van der Waals surface area contributed by atoms with E-state index in [2.05, 4.69) is 0 Å². The summed E-state index contributed by atoms with van der Waals surface area (Å²) in [6.07, 6.45) is 0.664. The molecule has 1 amide bonds. The number of carbonyl (C=O) groups is 1. The second-order valence-electron chi connectivity index (χ2n) is 6.23. The van der Waals surface area contributed by atoms with E-state index in [1.807, 2.05) is 13.8 Å². The molecule has 2 aliphatic rings. The van der Waals surface area contributed by atoms with Crippen molar-refractivity contribution in [1.29, 1.82) is 0 Å². The van der Waals surface area contributed by atoms with Crippen molar-refractivity contribution in [3.8, 4) is 0 Å². The number of hydroxylamine groups is 2. The van der Waals surface area contributed by atoms with E-state index in [-0.39, 0.29) is 18.6 Å². The van der Waals surface area contributed by atoms with Crippen LogP contribution in [0.2, 0.25) is 0 Å². The Morgan fingerprint density at radius 2 is 1.89 bits per heavy atom. The first-order valence-corrected chi connectivity index (χ1v) is 7.82. The second-order valence-corrected chi connectivity index (χ2v) is 8.70. The van der Waals surface area contributed by atoms with E-state index >= 15 is 0 Å². The summed E-state index contributed by atoms with van der Waals surface area (Å²) >= 11 is 0. The number of nitrogens with zero attached hydrogens (tertiary/aromatic N) is 1. The van der Waals surface area contributed by atoms with Gasteiger partial charge in [0.05, 0.1) is 13.2 Å². The van der Waals surface area contributed by atoms with E-state index in [1.165, 1.54) is 0 Å². The molecule has 2 aliphatic heterocycles. The van der Waals surface area contributed by atoms with Crippen molar-refractivity contribution in [3.63, 3.8) is 0 Å². The average Bonchev–Trinajstić information content (AvgIpc) is 2.62. The summed E-state index contributed by atoms with van der Waals surface area (Å²) in [5.41, 5.74) is 5.00. The van der Waals surface area contributed by atoms with Crippen LogP contribution < -0.4 is 5.73 Å². The molecule has 0 radical (unpaired) electrons. The van der Waals surface area contributed by atoms with Crippen LogP contribution in [0.25, 0.3) is 0 Å². The van der Waals surface area contributed by atoms with Gasteiger partial charge in [-0.25, -0.2) is 0 Å². The summed E-state index contributed by atoms with van der Waals surface area (Å²) in [6, 6.07) is -0.849. The lowest BCUT2D eigenvalue weighted by molar-refractivity contribution is -0.164. The van der Waals surface area contributed by atoms with Gasteiger partial charge in [-0.05, 0) is 19.8 Å². The summed E-state index contributed by atoms with van der Waals surface area (Å²) in [5.74, 6) is -0.643. The molecule has 2 saturated heterocycles. The Bertz CT molecular complexity index is 427. The molecule has 2 heterocycles. The van der Waals surface area contributed by atoms with Gasteiger partial charge in [0.25, 0.3) is 0 Å². The third-order valence-electron chi connectivity index (χ3n) is 3.85. The van der Waals surface area contributed by atoms with Crippen molar-refractivity contribution >= 4 is 13.5 Å². The molecule has 3 N–H and O–H groups in total. The topological polar surface area (TPSA) is 102 Å². The zero-order chi connectivity index (χ0) is 14.5. The Labute approximate surface area is 112 Å². The molecule has 2 fully saturated rings. The molecule has 0 saturated carbocycles.